The van der Waals surface area contributed by atoms with Crippen LogP contribution in [0.25, 0.3) is 0 Å². The van der Waals surface area contributed by atoms with Crippen LogP contribution < -0.4 is 0 Å². The fourth-order valence-corrected chi connectivity index (χ4v) is 2.46. The van der Waals surface area contributed by atoms with Crippen LogP contribution in [-0.2, 0) is 9.47 Å². The number of rotatable bonds is 6. The first kappa shape index (κ1) is 18.3. The Morgan fingerprint density at radius 2 is 1.84 bits per heavy atom. The zero-order valence-electron chi connectivity index (χ0n) is 14.2. The first-order valence-electron chi connectivity index (χ1n) is 7.70. The van der Waals surface area contributed by atoms with Gasteiger partial charge in [0.1, 0.15) is 5.75 Å². The van der Waals surface area contributed by atoms with Crippen LogP contribution in [0.4, 0.5) is 0 Å². The molecule has 2 aromatic rings. The summed E-state index contributed by atoms with van der Waals surface area (Å²) < 4.78 is 9.95. The number of hydrogen-bond donors (Lipinski definition) is 2. The van der Waals surface area contributed by atoms with Crippen LogP contribution in [0.1, 0.15) is 49.4 Å². The molecule has 1 heterocycles. The molecule has 7 heteroatoms. The summed E-state index contributed by atoms with van der Waals surface area (Å²) in [6, 6.07) is 5.63. The topological polar surface area (TPSA) is 106 Å². The second-order valence-corrected chi connectivity index (χ2v) is 5.40. The number of aromatic amines is 1. The zero-order chi connectivity index (χ0) is 18.6. The van der Waals surface area contributed by atoms with Crippen molar-refractivity contribution >= 4 is 17.7 Å². The number of H-pyrrole nitrogens is 1. The maximum Gasteiger partial charge on any atom is 0.340 e. The van der Waals surface area contributed by atoms with Crippen LogP contribution in [0, 0.1) is 13.8 Å². The Kier molecular flexibility index (Phi) is 5.59. The van der Waals surface area contributed by atoms with Crippen molar-refractivity contribution in [2.24, 2.45) is 0 Å². The minimum atomic E-state index is -0.726. The van der Waals surface area contributed by atoms with E-state index in [1.807, 2.05) is 0 Å². The van der Waals surface area contributed by atoms with Gasteiger partial charge in [0.25, 0.3) is 0 Å². The third-order valence-electron chi connectivity index (χ3n) is 3.61. The maximum atomic E-state index is 12.3. The highest BCUT2D eigenvalue weighted by molar-refractivity contribution is 6.03. The predicted molar refractivity (Wildman–Crippen MR) is 88.9 cm³/mol. The molecule has 0 aliphatic carbocycles. The highest BCUT2D eigenvalue weighted by atomic mass is 16.5. The molecule has 0 saturated heterocycles. The van der Waals surface area contributed by atoms with Gasteiger partial charge in [-0.3, -0.25) is 4.79 Å². The summed E-state index contributed by atoms with van der Waals surface area (Å²) in [4.78, 5) is 39.0. The Morgan fingerprint density at radius 3 is 2.48 bits per heavy atom. The summed E-state index contributed by atoms with van der Waals surface area (Å²) >= 11 is 0. The van der Waals surface area contributed by atoms with Crippen molar-refractivity contribution in [2.75, 3.05) is 13.2 Å². The number of benzene rings is 1. The molecule has 25 heavy (non-hydrogen) atoms. The number of Topliss-reactive ketones (excluding diaryl/α,β-unsaturated/α-hetero) is 1. The third-order valence-corrected chi connectivity index (χ3v) is 3.61. The number of aromatic nitrogens is 1. The summed E-state index contributed by atoms with van der Waals surface area (Å²) in [5, 5.41) is 9.36. The molecule has 0 radical (unpaired) electrons. The molecule has 0 spiro atoms. The van der Waals surface area contributed by atoms with Crippen LogP contribution in [0.3, 0.4) is 0 Å². The van der Waals surface area contributed by atoms with E-state index in [0.29, 0.717) is 16.8 Å². The lowest BCUT2D eigenvalue weighted by atomic mass is 10.1. The monoisotopic (exact) mass is 345 g/mol. The minimum Gasteiger partial charge on any atom is -0.508 e. The first-order valence-corrected chi connectivity index (χ1v) is 7.70. The number of phenolic OH excluding ortho intramolecular Hbond substituents is 1. The van der Waals surface area contributed by atoms with Gasteiger partial charge in [0.2, 0.25) is 5.78 Å². The molecule has 0 unspecified atom stereocenters. The Bertz CT molecular complexity index is 821. The lowest BCUT2D eigenvalue weighted by Gasteiger charge is -2.05. The number of esters is 2. The van der Waals surface area contributed by atoms with Crippen LogP contribution in [0.15, 0.2) is 24.3 Å². The lowest BCUT2D eigenvalue weighted by Crippen LogP contribution is -2.15. The van der Waals surface area contributed by atoms with Crippen LogP contribution in [0.2, 0.25) is 0 Å². The molecule has 1 aromatic heterocycles. The second kappa shape index (κ2) is 7.65. The van der Waals surface area contributed by atoms with Crippen molar-refractivity contribution in [3.8, 4) is 5.75 Å². The van der Waals surface area contributed by atoms with E-state index in [0.717, 1.165) is 0 Å². The molecule has 0 amide bonds. The Labute approximate surface area is 144 Å². The summed E-state index contributed by atoms with van der Waals surface area (Å²) in [6.07, 6.45) is 0. The van der Waals surface area contributed by atoms with E-state index >= 15 is 0 Å². The summed E-state index contributed by atoms with van der Waals surface area (Å²) in [7, 11) is 0. The van der Waals surface area contributed by atoms with Crippen molar-refractivity contribution in [3.63, 3.8) is 0 Å². The van der Waals surface area contributed by atoms with Gasteiger partial charge in [-0.15, -0.1) is 0 Å². The first-order chi connectivity index (χ1) is 11.8. The molecule has 0 fully saturated rings. The summed E-state index contributed by atoms with van der Waals surface area (Å²) in [5.74, 6) is -1.78. The van der Waals surface area contributed by atoms with Crippen LogP contribution in [-0.4, -0.2) is 41.0 Å². The molecule has 0 saturated carbocycles. The molecule has 0 aliphatic heterocycles. The van der Waals surface area contributed by atoms with Crippen molar-refractivity contribution in [1.82, 2.24) is 4.98 Å². The smallest absolute Gasteiger partial charge is 0.340 e. The lowest BCUT2D eigenvalue weighted by molar-refractivity contribution is 0.0472. The van der Waals surface area contributed by atoms with Crippen LogP contribution in [0.5, 0.6) is 5.75 Å². The number of ketones is 1. The highest BCUT2D eigenvalue weighted by Crippen LogP contribution is 2.20. The molecule has 0 atom stereocenters. The van der Waals surface area contributed by atoms with Gasteiger partial charge in [0.05, 0.1) is 23.4 Å². The third kappa shape index (κ3) is 4.06. The van der Waals surface area contributed by atoms with Gasteiger partial charge >= 0.3 is 11.9 Å². The molecule has 0 bridgehead atoms. The van der Waals surface area contributed by atoms with Gasteiger partial charge in [0.15, 0.2) is 6.61 Å². The Balaban J connectivity index is 2.10. The number of hydrogen-bond acceptors (Lipinski definition) is 6. The molecule has 132 valence electrons. The second-order valence-electron chi connectivity index (χ2n) is 5.40. The average molecular weight is 345 g/mol. The molecule has 1 aromatic carbocycles. The number of aryl methyl sites for hydroxylation is 1. The van der Waals surface area contributed by atoms with Gasteiger partial charge in [-0.2, -0.15) is 0 Å². The van der Waals surface area contributed by atoms with Crippen molar-refractivity contribution in [3.05, 3.63) is 52.3 Å². The highest BCUT2D eigenvalue weighted by Gasteiger charge is 2.23. The SMILES string of the molecule is CCOC(=O)c1c(C)[nH]c(C(=O)COC(=O)c2cccc(O)c2)c1C. The van der Waals surface area contributed by atoms with E-state index in [2.05, 4.69) is 4.98 Å². The predicted octanol–water partition coefficient (Wildman–Crippen LogP) is 2.55. The number of nitrogens with one attached hydrogen (secondary N) is 1. The summed E-state index contributed by atoms with van der Waals surface area (Å²) in [5.41, 5.74) is 1.61. The van der Waals surface area contributed by atoms with Gasteiger partial charge < -0.3 is 19.6 Å². The summed E-state index contributed by atoms with van der Waals surface area (Å²) in [6.45, 7) is 4.72. The molecule has 2 rings (SSSR count). The van der Waals surface area contributed by atoms with E-state index in [-0.39, 0.29) is 23.6 Å². The normalized spacial score (nSPS) is 10.4. The van der Waals surface area contributed by atoms with E-state index in [1.165, 1.54) is 24.3 Å². The Morgan fingerprint density at radius 1 is 1.12 bits per heavy atom. The Hall–Kier alpha value is -3.09. The fraction of sp³-hybridized carbons (Fsp3) is 0.278. The van der Waals surface area contributed by atoms with E-state index in [9.17, 15) is 19.5 Å². The van der Waals surface area contributed by atoms with Gasteiger partial charge in [-0.05, 0) is 44.5 Å². The van der Waals surface area contributed by atoms with Crippen LogP contribution >= 0.6 is 0 Å². The largest absolute Gasteiger partial charge is 0.508 e. The van der Waals surface area contributed by atoms with Gasteiger partial charge in [-0.1, -0.05) is 6.07 Å². The maximum absolute atomic E-state index is 12.3. The van der Waals surface area contributed by atoms with E-state index in [4.69, 9.17) is 9.47 Å². The average Bonchev–Trinajstić information content (AvgIpc) is 2.87. The molecular formula is C18H19NO6. The molecule has 0 aliphatic rings. The minimum absolute atomic E-state index is 0.0734. The van der Waals surface area contributed by atoms with E-state index in [1.54, 1.807) is 20.8 Å². The molecule has 2 N–H and O–H groups in total. The molecular weight excluding hydrogens is 326 g/mol. The van der Waals surface area contributed by atoms with Gasteiger partial charge in [-0.25, -0.2) is 9.59 Å². The fourth-order valence-electron chi connectivity index (χ4n) is 2.46. The standard InChI is InChI=1S/C18H19NO6/c1-4-24-18(23)15-10(2)16(19-11(15)3)14(21)9-25-17(22)12-6-5-7-13(20)8-12/h5-8,19-20H,4,9H2,1-3H3. The van der Waals surface area contributed by atoms with Gasteiger partial charge in [0, 0.05) is 5.69 Å². The number of phenols is 1. The zero-order valence-corrected chi connectivity index (χ0v) is 14.2. The number of ether oxygens (including phenoxy) is 2. The number of carbonyl (C=O) groups excluding carboxylic acids is 3. The van der Waals surface area contributed by atoms with Crippen molar-refractivity contribution in [2.45, 2.75) is 20.8 Å². The van der Waals surface area contributed by atoms with Crippen molar-refractivity contribution < 1.29 is 29.0 Å². The molecule has 7 nitrogen and oxygen atoms in total. The van der Waals surface area contributed by atoms with Crippen molar-refractivity contribution in [1.29, 1.82) is 0 Å². The quantitative estimate of drug-likeness (QED) is 0.616. The number of aromatic hydroxyl groups is 1. The van der Waals surface area contributed by atoms with E-state index < -0.39 is 24.3 Å². The number of carbonyl (C=O) groups is 3.